The van der Waals surface area contributed by atoms with Gasteiger partial charge in [0.25, 0.3) is 5.91 Å². The molecule has 0 aliphatic heterocycles. The summed E-state index contributed by atoms with van der Waals surface area (Å²) in [6.45, 7) is 0.0789. The largest absolute Gasteiger partial charge is 0.396 e. The minimum absolute atomic E-state index is 0.0305. The quantitative estimate of drug-likeness (QED) is 0.859. The molecule has 22 heavy (non-hydrogen) atoms. The van der Waals surface area contributed by atoms with Gasteiger partial charge in [-0.05, 0) is 43.4 Å². The van der Waals surface area contributed by atoms with Gasteiger partial charge in [0.2, 0.25) is 0 Å². The van der Waals surface area contributed by atoms with Gasteiger partial charge in [-0.15, -0.1) is 0 Å². The van der Waals surface area contributed by atoms with E-state index in [1.807, 2.05) is 18.2 Å². The first-order valence-electron chi connectivity index (χ1n) is 7.41. The van der Waals surface area contributed by atoms with Crippen molar-refractivity contribution < 1.29 is 9.90 Å². The fraction of sp³-hybridized carbons (Fsp3) is 0.375. The number of nitrogens with zero attached hydrogens (tertiary/aromatic N) is 2. The fourth-order valence-corrected chi connectivity index (χ4v) is 2.74. The second-order valence-electron chi connectivity index (χ2n) is 5.53. The molecule has 1 fully saturated rings. The highest BCUT2D eigenvalue weighted by Gasteiger charge is 2.32. The van der Waals surface area contributed by atoms with E-state index in [1.165, 1.54) is 0 Å². The predicted molar refractivity (Wildman–Crippen MR) is 84.3 cm³/mol. The average Bonchev–Trinajstić information content (AvgIpc) is 3.24. The van der Waals surface area contributed by atoms with Crippen molar-refractivity contribution in [2.75, 3.05) is 6.61 Å². The highest BCUT2D eigenvalue weighted by molar-refractivity contribution is 6.32. The molecule has 116 valence electrons. The van der Waals surface area contributed by atoms with E-state index >= 15 is 0 Å². The van der Waals surface area contributed by atoms with Crippen LogP contribution in [0.2, 0.25) is 5.02 Å². The van der Waals surface area contributed by atoms with Crippen LogP contribution in [0.5, 0.6) is 0 Å². The molecular formula is C16H18ClN3O2. The van der Waals surface area contributed by atoms with E-state index in [4.69, 9.17) is 16.7 Å². The number of benzene rings is 1. The number of rotatable bonds is 6. The Hall–Kier alpha value is -1.85. The molecule has 0 spiro atoms. The molecule has 2 N–H and O–H groups in total. The van der Waals surface area contributed by atoms with Gasteiger partial charge < -0.3 is 10.4 Å². The number of carbonyl (C=O) groups excluding carboxylic acids is 1. The van der Waals surface area contributed by atoms with E-state index in [0.29, 0.717) is 23.1 Å². The predicted octanol–water partition coefficient (Wildman–Crippen LogP) is 2.42. The Morgan fingerprint density at radius 3 is 2.86 bits per heavy atom. The number of hydrogen-bond acceptors (Lipinski definition) is 3. The highest BCUT2D eigenvalue weighted by Crippen LogP contribution is 2.34. The van der Waals surface area contributed by atoms with Crippen molar-refractivity contribution in [2.24, 2.45) is 5.92 Å². The smallest absolute Gasteiger partial charge is 0.272 e. The van der Waals surface area contributed by atoms with E-state index < -0.39 is 0 Å². The molecular weight excluding hydrogens is 302 g/mol. The first-order valence-corrected chi connectivity index (χ1v) is 7.79. The Balaban J connectivity index is 1.73. The highest BCUT2D eigenvalue weighted by atomic mass is 35.5. The number of aromatic nitrogens is 2. The fourth-order valence-electron chi connectivity index (χ4n) is 2.52. The van der Waals surface area contributed by atoms with Crippen LogP contribution in [-0.2, 0) is 0 Å². The van der Waals surface area contributed by atoms with Gasteiger partial charge in [0.05, 0.1) is 10.7 Å². The molecule has 6 heteroatoms. The molecule has 1 heterocycles. The van der Waals surface area contributed by atoms with Crippen LogP contribution < -0.4 is 5.32 Å². The Bertz CT molecular complexity index is 667. The van der Waals surface area contributed by atoms with Crippen LogP contribution >= 0.6 is 11.6 Å². The normalized spacial score (nSPS) is 15.5. The van der Waals surface area contributed by atoms with Crippen molar-refractivity contribution in [1.82, 2.24) is 15.1 Å². The molecule has 1 aromatic carbocycles. The van der Waals surface area contributed by atoms with Gasteiger partial charge in [0.1, 0.15) is 0 Å². The number of aliphatic hydroxyl groups excluding tert-OH is 1. The second kappa shape index (κ2) is 6.50. The molecule has 1 unspecified atom stereocenters. The van der Waals surface area contributed by atoms with Crippen molar-refractivity contribution in [1.29, 1.82) is 0 Å². The van der Waals surface area contributed by atoms with Gasteiger partial charge in [-0.3, -0.25) is 4.79 Å². The first kappa shape index (κ1) is 15.1. The number of aliphatic hydroxyl groups is 1. The summed E-state index contributed by atoms with van der Waals surface area (Å²) in [5.41, 5.74) is 1.08. The van der Waals surface area contributed by atoms with Crippen LogP contribution in [-0.4, -0.2) is 33.4 Å². The van der Waals surface area contributed by atoms with Crippen molar-refractivity contribution in [3.63, 3.8) is 0 Å². The number of amides is 1. The summed E-state index contributed by atoms with van der Waals surface area (Å²) in [4.78, 5) is 12.3. The van der Waals surface area contributed by atoms with Gasteiger partial charge in [-0.1, -0.05) is 23.7 Å². The van der Waals surface area contributed by atoms with E-state index in [0.717, 1.165) is 18.5 Å². The molecule has 0 radical (unpaired) electrons. The average molecular weight is 320 g/mol. The summed E-state index contributed by atoms with van der Waals surface area (Å²) in [7, 11) is 0. The lowest BCUT2D eigenvalue weighted by atomic mass is 10.1. The molecule has 5 nitrogen and oxygen atoms in total. The maximum Gasteiger partial charge on any atom is 0.272 e. The van der Waals surface area contributed by atoms with Crippen molar-refractivity contribution >= 4 is 17.5 Å². The molecule has 0 saturated heterocycles. The van der Waals surface area contributed by atoms with Crippen LogP contribution in [0, 0.1) is 5.92 Å². The van der Waals surface area contributed by atoms with E-state index in [2.05, 4.69) is 10.4 Å². The summed E-state index contributed by atoms with van der Waals surface area (Å²) in [5, 5.41) is 16.9. The summed E-state index contributed by atoms with van der Waals surface area (Å²) in [5.74, 6) is 0.276. The third-order valence-corrected chi connectivity index (χ3v) is 4.19. The van der Waals surface area contributed by atoms with Gasteiger partial charge in [0.15, 0.2) is 5.69 Å². The molecule has 2 aromatic rings. The van der Waals surface area contributed by atoms with Crippen LogP contribution in [0.4, 0.5) is 0 Å². The molecule has 0 bridgehead atoms. The molecule has 1 saturated carbocycles. The lowest BCUT2D eigenvalue weighted by Crippen LogP contribution is -2.37. The number of hydrogen-bond donors (Lipinski definition) is 2. The molecule has 1 atom stereocenters. The Morgan fingerprint density at radius 2 is 2.18 bits per heavy atom. The molecule has 3 rings (SSSR count). The monoisotopic (exact) mass is 319 g/mol. The van der Waals surface area contributed by atoms with E-state index in [-0.39, 0.29) is 18.6 Å². The summed E-state index contributed by atoms with van der Waals surface area (Å²) >= 11 is 6.13. The molecule has 1 aromatic heterocycles. The lowest BCUT2D eigenvalue weighted by molar-refractivity contribution is 0.0918. The van der Waals surface area contributed by atoms with E-state index in [1.54, 1.807) is 23.0 Å². The van der Waals surface area contributed by atoms with Crippen molar-refractivity contribution in [2.45, 2.75) is 25.3 Å². The minimum atomic E-state index is -0.212. The SMILES string of the molecule is O=C(NC(CCO)C1CC1)c1ccn(-c2ccccc2Cl)n1. The minimum Gasteiger partial charge on any atom is -0.396 e. The van der Waals surface area contributed by atoms with Crippen LogP contribution in [0.1, 0.15) is 29.8 Å². The van der Waals surface area contributed by atoms with Crippen LogP contribution in [0.3, 0.4) is 0 Å². The molecule has 1 aliphatic rings. The molecule has 1 amide bonds. The van der Waals surface area contributed by atoms with Crippen molar-refractivity contribution in [3.05, 3.63) is 47.2 Å². The Kier molecular flexibility index (Phi) is 4.45. The summed E-state index contributed by atoms with van der Waals surface area (Å²) < 4.78 is 1.59. The van der Waals surface area contributed by atoms with Crippen LogP contribution in [0.25, 0.3) is 5.69 Å². The van der Waals surface area contributed by atoms with Crippen LogP contribution in [0.15, 0.2) is 36.5 Å². The standard InChI is InChI=1S/C16H18ClN3O2/c17-12-3-1-2-4-15(12)20-9-7-14(19-20)16(22)18-13(8-10-21)11-5-6-11/h1-4,7,9,11,13,21H,5-6,8,10H2,(H,18,22). The number of para-hydroxylation sites is 1. The number of carbonyl (C=O) groups is 1. The number of halogens is 1. The summed E-state index contributed by atoms with van der Waals surface area (Å²) in [6, 6.07) is 9.04. The maximum atomic E-state index is 12.3. The zero-order valence-electron chi connectivity index (χ0n) is 12.1. The number of nitrogens with one attached hydrogen (secondary N) is 1. The third kappa shape index (κ3) is 3.31. The van der Waals surface area contributed by atoms with Gasteiger partial charge in [-0.25, -0.2) is 4.68 Å². The van der Waals surface area contributed by atoms with Gasteiger partial charge in [-0.2, -0.15) is 5.10 Å². The zero-order chi connectivity index (χ0) is 15.5. The van der Waals surface area contributed by atoms with Crippen molar-refractivity contribution in [3.8, 4) is 5.69 Å². The first-order chi connectivity index (χ1) is 10.7. The second-order valence-corrected chi connectivity index (χ2v) is 5.93. The zero-order valence-corrected chi connectivity index (χ0v) is 12.8. The maximum absolute atomic E-state index is 12.3. The topological polar surface area (TPSA) is 67.2 Å². The van der Waals surface area contributed by atoms with Gasteiger partial charge in [0, 0.05) is 18.8 Å². The third-order valence-electron chi connectivity index (χ3n) is 3.87. The lowest BCUT2D eigenvalue weighted by Gasteiger charge is -2.16. The Morgan fingerprint density at radius 1 is 1.41 bits per heavy atom. The van der Waals surface area contributed by atoms with Gasteiger partial charge >= 0.3 is 0 Å². The Labute approximate surface area is 133 Å². The molecule has 1 aliphatic carbocycles. The van der Waals surface area contributed by atoms with E-state index in [9.17, 15) is 4.79 Å². The summed E-state index contributed by atoms with van der Waals surface area (Å²) in [6.07, 6.45) is 4.52.